The molecule has 0 fully saturated rings. The van der Waals surface area contributed by atoms with Gasteiger partial charge in [-0.3, -0.25) is 9.10 Å². The molecule has 0 heterocycles. The smallest absolute Gasteiger partial charge is 0.245 e. The zero-order chi connectivity index (χ0) is 18.6. The molecule has 0 bridgehead atoms. The topological polar surface area (TPSA) is 66.5 Å². The molecule has 5 nitrogen and oxygen atoms in total. The van der Waals surface area contributed by atoms with Crippen LogP contribution in [0.1, 0.15) is 5.56 Å². The second-order valence-corrected chi connectivity index (χ2v) is 9.12. The molecule has 0 atom stereocenters. The second-order valence-electron chi connectivity index (χ2n) is 5.48. The Morgan fingerprint density at radius 2 is 1.96 bits per heavy atom. The van der Waals surface area contributed by atoms with Gasteiger partial charge in [0.2, 0.25) is 15.9 Å². The fourth-order valence-electron chi connectivity index (χ4n) is 2.22. The molecule has 0 aromatic heterocycles. The van der Waals surface area contributed by atoms with Gasteiger partial charge in [-0.25, -0.2) is 8.42 Å². The van der Waals surface area contributed by atoms with Gasteiger partial charge in [-0.2, -0.15) is 0 Å². The molecule has 0 saturated heterocycles. The average molecular weight is 443 g/mol. The summed E-state index contributed by atoms with van der Waals surface area (Å²) < 4.78 is 26.3. The molecule has 0 aliphatic carbocycles. The van der Waals surface area contributed by atoms with Gasteiger partial charge in [0.05, 0.1) is 11.9 Å². The fraction of sp³-hybridized carbons (Fsp3) is 0.235. The number of hydrogen-bond donors (Lipinski definition) is 1. The Morgan fingerprint density at radius 1 is 1.24 bits per heavy atom. The highest BCUT2D eigenvalue weighted by molar-refractivity contribution is 9.10. The van der Waals surface area contributed by atoms with Gasteiger partial charge in [-0.05, 0) is 55.1 Å². The maximum absolute atomic E-state index is 12.4. The number of nitrogens with zero attached hydrogens (tertiary/aromatic N) is 1. The normalized spacial score (nSPS) is 11.2. The van der Waals surface area contributed by atoms with Gasteiger partial charge in [0, 0.05) is 15.1 Å². The summed E-state index contributed by atoms with van der Waals surface area (Å²) in [5.41, 5.74) is 1.98. The Bertz CT molecular complexity index is 885. The minimum atomic E-state index is -3.59. The Hall–Kier alpha value is -1.51. The number of benzene rings is 2. The molecule has 2 aromatic rings. The van der Waals surface area contributed by atoms with E-state index in [1.54, 1.807) is 36.0 Å². The van der Waals surface area contributed by atoms with Crippen molar-refractivity contribution < 1.29 is 13.2 Å². The maximum atomic E-state index is 12.4. The predicted molar refractivity (Wildman–Crippen MR) is 108 cm³/mol. The summed E-state index contributed by atoms with van der Waals surface area (Å²) in [6.07, 6.45) is 3.04. The molecule has 0 unspecified atom stereocenters. The third kappa shape index (κ3) is 5.49. The largest absolute Gasteiger partial charge is 0.324 e. The van der Waals surface area contributed by atoms with Crippen molar-refractivity contribution in [2.45, 2.75) is 11.8 Å². The fourth-order valence-corrected chi connectivity index (χ4v) is 3.77. The number of nitrogens with one attached hydrogen (secondary N) is 1. The molecule has 0 saturated carbocycles. The highest BCUT2D eigenvalue weighted by Gasteiger charge is 2.21. The number of halogens is 1. The Labute approximate surface area is 161 Å². The molecule has 0 radical (unpaired) electrons. The number of carbonyl (C=O) groups excluding carboxylic acids is 1. The van der Waals surface area contributed by atoms with Crippen molar-refractivity contribution in [3.05, 3.63) is 52.5 Å². The lowest BCUT2D eigenvalue weighted by Gasteiger charge is -2.22. The number of amides is 1. The first-order valence-electron chi connectivity index (χ1n) is 7.38. The Balaban J connectivity index is 2.22. The van der Waals surface area contributed by atoms with E-state index in [-0.39, 0.29) is 6.54 Å². The van der Waals surface area contributed by atoms with Crippen LogP contribution in [0.15, 0.2) is 51.8 Å². The second kappa shape index (κ2) is 8.25. The zero-order valence-electron chi connectivity index (χ0n) is 14.1. The standard InChI is InChI=1S/C17H19BrN2O3S2/c1-12-9-14(7-8-16(12)18)20(25(3,22)23)11-17(21)19-13-5-4-6-15(10-13)24-2/h4-10H,11H2,1-3H3,(H,19,21). The van der Waals surface area contributed by atoms with Crippen molar-refractivity contribution in [2.24, 2.45) is 0 Å². The molecule has 134 valence electrons. The maximum Gasteiger partial charge on any atom is 0.245 e. The van der Waals surface area contributed by atoms with Gasteiger partial charge in [0.25, 0.3) is 0 Å². The van der Waals surface area contributed by atoms with Crippen molar-refractivity contribution in [2.75, 3.05) is 28.7 Å². The van der Waals surface area contributed by atoms with Gasteiger partial charge < -0.3 is 5.32 Å². The van der Waals surface area contributed by atoms with Crippen molar-refractivity contribution >= 4 is 55.0 Å². The van der Waals surface area contributed by atoms with E-state index in [4.69, 9.17) is 0 Å². The SMILES string of the molecule is CSc1cccc(NC(=O)CN(c2ccc(Br)c(C)c2)S(C)(=O)=O)c1. The molecular weight excluding hydrogens is 424 g/mol. The minimum absolute atomic E-state index is 0.288. The molecule has 0 aliphatic rings. The predicted octanol–water partition coefficient (Wildman–Crippen LogP) is 3.88. The van der Waals surface area contributed by atoms with Crippen molar-refractivity contribution in [3.63, 3.8) is 0 Å². The minimum Gasteiger partial charge on any atom is -0.324 e. The third-order valence-corrected chi connectivity index (χ3v) is 6.23. The first-order valence-corrected chi connectivity index (χ1v) is 11.2. The molecule has 2 aromatic carbocycles. The van der Waals surface area contributed by atoms with Gasteiger partial charge >= 0.3 is 0 Å². The molecule has 0 spiro atoms. The summed E-state index contributed by atoms with van der Waals surface area (Å²) in [7, 11) is -3.59. The van der Waals surface area contributed by atoms with Crippen LogP contribution in [-0.2, 0) is 14.8 Å². The molecule has 0 aliphatic heterocycles. The van der Waals surface area contributed by atoms with Gasteiger partial charge in [-0.15, -0.1) is 11.8 Å². The average Bonchev–Trinajstić information content (AvgIpc) is 2.54. The van der Waals surface area contributed by atoms with Crippen LogP contribution in [0, 0.1) is 6.92 Å². The first kappa shape index (κ1) is 19.8. The van der Waals surface area contributed by atoms with Crippen LogP contribution in [0.2, 0.25) is 0 Å². The number of thioether (sulfide) groups is 1. The zero-order valence-corrected chi connectivity index (χ0v) is 17.3. The Morgan fingerprint density at radius 3 is 2.56 bits per heavy atom. The lowest BCUT2D eigenvalue weighted by Crippen LogP contribution is -2.37. The van der Waals surface area contributed by atoms with E-state index in [0.29, 0.717) is 11.4 Å². The number of anilines is 2. The molecule has 1 N–H and O–H groups in total. The van der Waals surface area contributed by atoms with Crippen molar-refractivity contribution in [1.82, 2.24) is 0 Å². The monoisotopic (exact) mass is 442 g/mol. The quantitative estimate of drug-likeness (QED) is 0.689. The van der Waals surface area contributed by atoms with E-state index in [1.165, 1.54) is 0 Å². The van der Waals surface area contributed by atoms with Gasteiger partial charge in [0.15, 0.2) is 0 Å². The summed E-state index contributed by atoms with van der Waals surface area (Å²) >= 11 is 4.95. The molecular formula is C17H19BrN2O3S2. The van der Waals surface area contributed by atoms with Gasteiger partial charge in [-0.1, -0.05) is 22.0 Å². The van der Waals surface area contributed by atoms with Crippen LogP contribution in [0.5, 0.6) is 0 Å². The van der Waals surface area contributed by atoms with Crippen LogP contribution in [0.25, 0.3) is 0 Å². The lowest BCUT2D eigenvalue weighted by atomic mass is 10.2. The molecule has 25 heavy (non-hydrogen) atoms. The first-order chi connectivity index (χ1) is 11.7. The van der Waals surface area contributed by atoms with E-state index in [0.717, 1.165) is 25.5 Å². The van der Waals surface area contributed by atoms with Crippen LogP contribution in [0.3, 0.4) is 0 Å². The Kier molecular flexibility index (Phi) is 6.53. The summed E-state index contributed by atoms with van der Waals surface area (Å²) in [6, 6.07) is 12.6. The summed E-state index contributed by atoms with van der Waals surface area (Å²) in [5.74, 6) is -0.399. The van der Waals surface area contributed by atoms with E-state index in [9.17, 15) is 13.2 Å². The van der Waals surface area contributed by atoms with E-state index < -0.39 is 15.9 Å². The molecule has 2 rings (SSSR count). The summed E-state index contributed by atoms with van der Waals surface area (Å²) in [4.78, 5) is 13.4. The van der Waals surface area contributed by atoms with E-state index in [1.807, 2.05) is 31.4 Å². The summed E-state index contributed by atoms with van der Waals surface area (Å²) in [5, 5.41) is 2.75. The van der Waals surface area contributed by atoms with E-state index >= 15 is 0 Å². The van der Waals surface area contributed by atoms with Crippen LogP contribution in [-0.4, -0.2) is 33.4 Å². The number of carbonyl (C=O) groups is 1. The third-order valence-electron chi connectivity index (χ3n) is 3.47. The molecule has 8 heteroatoms. The van der Waals surface area contributed by atoms with Gasteiger partial charge in [0.1, 0.15) is 6.54 Å². The number of sulfonamides is 1. The number of aryl methyl sites for hydroxylation is 1. The number of rotatable bonds is 6. The van der Waals surface area contributed by atoms with E-state index in [2.05, 4.69) is 21.2 Å². The van der Waals surface area contributed by atoms with Crippen molar-refractivity contribution in [1.29, 1.82) is 0 Å². The van der Waals surface area contributed by atoms with Crippen LogP contribution < -0.4 is 9.62 Å². The van der Waals surface area contributed by atoms with Crippen LogP contribution >= 0.6 is 27.7 Å². The van der Waals surface area contributed by atoms with Crippen LogP contribution in [0.4, 0.5) is 11.4 Å². The van der Waals surface area contributed by atoms with Crippen molar-refractivity contribution in [3.8, 4) is 0 Å². The highest BCUT2D eigenvalue weighted by atomic mass is 79.9. The number of hydrogen-bond acceptors (Lipinski definition) is 4. The summed E-state index contributed by atoms with van der Waals surface area (Å²) in [6.45, 7) is 1.57. The molecule has 1 amide bonds. The lowest BCUT2D eigenvalue weighted by molar-refractivity contribution is -0.114. The highest BCUT2D eigenvalue weighted by Crippen LogP contribution is 2.25.